The van der Waals surface area contributed by atoms with Crippen molar-refractivity contribution in [2.24, 2.45) is 0 Å². The highest BCUT2D eigenvalue weighted by Crippen LogP contribution is 2.45. The van der Waals surface area contributed by atoms with Gasteiger partial charge in [-0.25, -0.2) is 0 Å². The van der Waals surface area contributed by atoms with E-state index in [1.165, 1.54) is 23.2 Å². The topological polar surface area (TPSA) is 47.9 Å². The number of hydrogen-bond donors (Lipinski definition) is 2. The zero-order valence-electron chi connectivity index (χ0n) is 12.5. The van der Waals surface area contributed by atoms with Crippen LogP contribution in [-0.4, -0.2) is 19.1 Å². The van der Waals surface area contributed by atoms with Crippen LogP contribution in [0.5, 0.6) is 0 Å². The number of anilines is 1. The zero-order chi connectivity index (χ0) is 14.9. The van der Waals surface area contributed by atoms with Gasteiger partial charge >= 0.3 is 0 Å². The van der Waals surface area contributed by atoms with Gasteiger partial charge in [0.2, 0.25) is 0 Å². The van der Waals surface area contributed by atoms with E-state index in [1.54, 1.807) is 0 Å². The van der Waals surface area contributed by atoms with Crippen molar-refractivity contribution in [2.45, 2.75) is 24.8 Å². The summed E-state index contributed by atoms with van der Waals surface area (Å²) in [6, 6.07) is 17.2. The van der Waals surface area contributed by atoms with Crippen molar-refractivity contribution in [3.8, 4) is 17.2 Å². The van der Waals surface area contributed by atoms with E-state index in [1.807, 2.05) is 18.2 Å². The second kappa shape index (κ2) is 5.47. The molecule has 0 aliphatic carbocycles. The predicted octanol–water partition coefficient (Wildman–Crippen LogP) is 3.49. The Labute approximate surface area is 131 Å². The molecule has 22 heavy (non-hydrogen) atoms. The Morgan fingerprint density at radius 2 is 1.91 bits per heavy atom. The Morgan fingerprint density at radius 1 is 1.05 bits per heavy atom. The summed E-state index contributed by atoms with van der Waals surface area (Å²) in [5.74, 6) is 0.562. The van der Waals surface area contributed by atoms with Crippen LogP contribution in [0.25, 0.3) is 11.1 Å². The van der Waals surface area contributed by atoms with Gasteiger partial charge in [0.25, 0.3) is 0 Å². The van der Waals surface area contributed by atoms with Gasteiger partial charge in [-0.15, -0.1) is 0 Å². The van der Waals surface area contributed by atoms with Gasteiger partial charge in [0.15, 0.2) is 0 Å². The summed E-state index contributed by atoms with van der Waals surface area (Å²) >= 11 is 0. The Balaban J connectivity index is 1.83. The van der Waals surface area contributed by atoms with Gasteiger partial charge in [0.1, 0.15) is 0 Å². The predicted molar refractivity (Wildman–Crippen MR) is 88.8 cm³/mol. The SMILES string of the molecule is N#Cc1cccc(-c2cccc3c2[C@H]2CCNCC[C@@H]2N3)c1. The zero-order valence-corrected chi connectivity index (χ0v) is 12.5. The molecule has 2 N–H and O–H groups in total. The molecule has 2 aromatic carbocycles. The molecule has 3 heteroatoms. The third-order valence-corrected chi connectivity index (χ3v) is 4.87. The van der Waals surface area contributed by atoms with Gasteiger partial charge in [-0.05, 0) is 60.8 Å². The van der Waals surface area contributed by atoms with E-state index in [4.69, 9.17) is 5.26 Å². The second-order valence-electron chi connectivity index (χ2n) is 6.14. The molecule has 2 atom stereocenters. The third kappa shape index (κ3) is 2.17. The minimum atomic E-state index is 0.533. The molecule has 2 aliphatic heterocycles. The maximum Gasteiger partial charge on any atom is 0.0991 e. The van der Waals surface area contributed by atoms with Crippen LogP contribution in [0, 0.1) is 11.3 Å². The van der Waals surface area contributed by atoms with Gasteiger partial charge in [0, 0.05) is 17.6 Å². The smallest absolute Gasteiger partial charge is 0.0991 e. The Morgan fingerprint density at radius 3 is 2.82 bits per heavy atom. The maximum atomic E-state index is 9.16. The van der Waals surface area contributed by atoms with E-state index in [0.29, 0.717) is 12.0 Å². The number of nitriles is 1. The fourth-order valence-electron chi connectivity index (χ4n) is 3.86. The van der Waals surface area contributed by atoms with Crippen LogP contribution in [-0.2, 0) is 0 Å². The molecule has 4 rings (SSSR count). The van der Waals surface area contributed by atoms with Gasteiger partial charge in [0.05, 0.1) is 11.6 Å². The molecule has 0 amide bonds. The van der Waals surface area contributed by atoms with E-state index in [-0.39, 0.29) is 0 Å². The largest absolute Gasteiger partial charge is 0.381 e. The Bertz CT molecular complexity index is 745. The maximum absolute atomic E-state index is 9.16. The van der Waals surface area contributed by atoms with Crippen molar-refractivity contribution in [3.63, 3.8) is 0 Å². The highest BCUT2D eigenvalue weighted by molar-refractivity contribution is 5.78. The summed E-state index contributed by atoms with van der Waals surface area (Å²) in [5.41, 5.74) is 5.86. The first-order valence-corrected chi connectivity index (χ1v) is 7.97. The van der Waals surface area contributed by atoms with Crippen molar-refractivity contribution in [3.05, 3.63) is 53.6 Å². The Hall–Kier alpha value is -2.31. The summed E-state index contributed by atoms with van der Waals surface area (Å²) < 4.78 is 0. The molecule has 2 aromatic rings. The number of nitrogens with one attached hydrogen (secondary N) is 2. The van der Waals surface area contributed by atoms with Crippen molar-refractivity contribution >= 4 is 5.69 Å². The lowest BCUT2D eigenvalue weighted by Crippen LogP contribution is -2.21. The van der Waals surface area contributed by atoms with Crippen molar-refractivity contribution in [2.75, 3.05) is 18.4 Å². The molecule has 0 saturated carbocycles. The average molecular weight is 289 g/mol. The normalized spacial score (nSPS) is 22.9. The number of rotatable bonds is 1. The molecule has 1 fully saturated rings. The molecular weight excluding hydrogens is 270 g/mol. The van der Waals surface area contributed by atoms with E-state index >= 15 is 0 Å². The molecular formula is C19H19N3. The van der Waals surface area contributed by atoms with E-state index in [2.05, 4.69) is 41.0 Å². The minimum absolute atomic E-state index is 0.533. The quantitative estimate of drug-likeness (QED) is 0.845. The highest BCUT2D eigenvalue weighted by atomic mass is 15.0. The summed E-state index contributed by atoms with van der Waals surface area (Å²) in [5, 5.41) is 16.4. The molecule has 1 saturated heterocycles. The highest BCUT2D eigenvalue weighted by Gasteiger charge is 2.34. The van der Waals surface area contributed by atoms with Gasteiger partial charge in [-0.3, -0.25) is 0 Å². The first kappa shape index (κ1) is 13.4. The summed E-state index contributed by atoms with van der Waals surface area (Å²) in [4.78, 5) is 0. The fourth-order valence-corrected chi connectivity index (χ4v) is 3.86. The number of benzene rings is 2. The third-order valence-electron chi connectivity index (χ3n) is 4.87. The van der Waals surface area contributed by atoms with Gasteiger partial charge in [-0.2, -0.15) is 5.26 Å². The number of nitrogens with zero attached hydrogens (tertiary/aromatic N) is 1. The average Bonchev–Trinajstić information content (AvgIpc) is 2.76. The monoisotopic (exact) mass is 289 g/mol. The Kier molecular flexibility index (Phi) is 3.32. The fraction of sp³-hybridized carbons (Fsp3) is 0.316. The van der Waals surface area contributed by atoms with Crippen molar-refractivity contribution < 1.29 is 0 Å². The van der Waals surface area contributed by atoms with E-state index < -0.39 is 0 Å². The molecule has 0 spiro atoms. The van der Waals surface area contributed by atoms with Crippen LogP contribution in [0.3, 0.4) is 0 Å². The first-order chi connectivity index (χ1) is 10.9. The van der Waals surface area contributed by atoms with Crippen LogP contribution >= 0.6 is 0 Å². The van der Waals surface area contributed by atoms with Crippen LogP contribution < -0.4 is 10.6 Å². The van der Waals surface area contributed by atoms with Crippen LogP contribution in [0.2, 0.25) is 0 Å². The molecule has 3 nitrogen and oxygen atoms in total. The molecule has 0 radical (unpaired) electrons. The lowest BCUT2D eigenvalue weighted by atomic mass is 9.85. The molecule has 0 aromatic heterocycles. The van der Waals surface area contributed by atoms with E-state index in [0.717, 1.165) is 30.6 Å². The van der Waals surface area contributed by atoms with Crippen molar-refractivity contribution in [1.82, 2.24) is 5.32 Å². The summed E-state index contributed by atoms with van der Waals surface area (Å²) in [6.45, 7) is 2.16. The molecule has 2 aliphatic rings. The summed E-state index contributed by atoms with van der Waals surface area (Å²) in [6.07, 6.45) is 2.33. The van der Waals surface area contributed by atoms with E-state index in [9.17, 15) is 0 Å². The molecule has 0 unspecified atom stereocenters. The lowest BCUT2D eigenvalue weighted by molar-refractivity contribution is 0.579. The van der Waals surface area contributed by atoms with Crippen LogP contribution in [0.4, 0.5) is 5.69 Å². The van der Waals surface area contributed by atoms with Gasteiger partial charge < -0.3 is 10.6 Å². The number of fused-ring (bicyclic) bond motifs is 3. The lowest BCUT2D eigenvalue weighted by Gasteiger charge is -2.18. The van der Waals surface area contributed by atoms with Crippen LogP contribution in [0.1, 0.15) is 29.9 Å². The summed E-state index contributed by atoms with van der Waals surface area (Å²) in [7, 11) is 0. The first-order valence-electron chi connectivity index (χ1n) is 7.97. The molecule has 2 heterocycles. The molecule has 110 valence electrons. The standard InChI is InChI=1S/C19H19N3/c20-12-13-3-1-4-14(11-13)15-5-2-6-18-19(15)16-7-9-21-10-8-17(16)22-18/h1-6,11,16-17,21-22H,7-10H2/t16-,17-/m0/s1. The van der Waals surface area contributed by atoms with Crippen LogP contribution in [0.15, 0.2) is 42.5 Å². The molecule has 0 bridgehead atoms. The second-order valence-corrected chi connectivity index (χ2v) is 6.14. The minimum Gasteiger partial charge on any atom is -0.381 e. The van der Waals surface area contributed by atoms with Gasteiger partial charge in [-0.1, -0.05) is 24.3 Å². The van der Waals surface area contributed by atoms with Crippen molar-refractivity contribution in [1.29, 1.82) is 5.26 Å². The number of hydrogen-bond acceptors (Lipinski definition) is 3.